The van der Waals surface area contributed by atoms with Gasteiger partial charge in [0.15, 0.2) is 0 Å². The van der Waals surface area contributed by atoms with E-state index >= 15 is 0 Å². The molecule has 1 aliphatic heterocycles. The molecule has 1 amide bonds. The monoisotopic (exact) mass is 488 g/mol. The summed E-state index contributed by atoms with van der Waals surface area (Å²) in [6.45, 7) is 3.47. The van der Waals surface area contributed by atoms with Gasteiger partial charge in [-0.05, 0) is 47.7 Å². The molecule has 3 aromatic rings. The van der Waals surface area contributed by atoms with Gasteiger partial charge >= 0.3 is 6.01 Å². The lowest BCUT2D eigenvalue weighted by atomic mass is 10.1. The van der Waals surface area contributed by atoms with E-state index < -0.39 is 15.9 Å². The lowest BCUT2D eigenvalue weighted by Gasteiger charge is -2.26. The molecule has 9 nitrogen and oxygen atoms in total. The van der Waals surface area contributed by atoms with Gasteiger partial charge in [0.1, 0.15) is 0 Å². The van der Waals surface area contributed by atoms with Crippen LogP contribution in [0.2, 0.25) is 0 Å². The van der Waals surface area contributed by atoms with Crippen LogP contribution in [-0.4, -0.2) is 60.9 Å². The third kappa shape index (κ3) is 5.80. The van der Waals surface area contributed by atoms with Crippen LogP contribution in [0.25, 0.3) is 0 Å². The molecule has 0 atom stereocenters. The minimum absolute atomic E-state index is 0.0156. The van der Waals surface area contributed by atoms with E-state index in [1.165, 1.54) is 33.5 Å². The fourth-order valence-electron chi connectivity index (χ4n) is 3.30. The highest BCUT2D eigenvalue weighted by molar-refractivity contribution is 7.99. The molecule has 2 aromatic carbocycles. The molecule has 1 aromatic heterocycles. The first-order chi connectivity index (χ1) is 16.0. The zero-order valence-electron chi connectivity index (χ0n) is 18.1. The average Bonchev–Trinajstić information content (AvgIpc) is 3.27. The molecule has 0 aliphatic carbocycles. The van der Waals surface area contributed by atoms with Gasteiger partial charge in [0.25, 0.3) is 5.91 Å². The number of nitrogens with zero attached hydrogens (tertiary/aromatic N) is 3. The first-order valence-electron chi connectivity index (χ1n) is 10.5. The number of nitrogens with one attached hydrogen (secondary N) is 1. The Kier molecular flexibility index (Phi) is 7.43. The van der Waals surface area contributed by atoms with Gasteiger partial charge in [0.2, 0.25) is 15.9 Å². The number of ether oxygens (including phenoxy) is 1. The number of benzene rings is 2. The number of anilines is 1. The summed E-state index contributed by atoms with van der Waals surface area (Å²) >= 11 is 1.77. The van der Waals surface area contributed by atoms with Crippen molar-refractivity contribution in [2.24, 2.45) is 0 Å². The molecule has 0 spiro atoms. The van der Waals surface area contributed by atoms with Crippen LogP contribution in [0.1, 0.15) is 28.7 Å². The second-order valence-corrected chi connectivity index (χ2v) is 10.5. The van der Waals surface area contributed by atoms with Crippen molar-refractivity contribution in [3.05, 3.63) is 65.5 Å². The highest BCUT2D eigenvalue weighted by atomic mass is 32.2. The summed E-state index contributed by atoms with van der Waals surface area (Å²) in [6.07, 6.45) is 0.452. The van der Waals surface area contributed by atoms with Crippen LogP contribution in [0.5, 0.6) is 0 Å². The average molecular weight is 489 g/mol. The van der Waals surface area contributed by atoms with Crippen LogP contribution >= 0.6 is 11.8 Å². The number of hydrogen-bond acceptors (Lipinski definition) is 8. The van der Waals surface area contributed by atoms with Crippen molar-refractivity contribution in [2.45, 2.75) is 23.1 Å². The van der Waals surface area contributed by atoms with Crippen LogP contribution in [0.3, 0.4) is 0 Å². The van der Waals surface area contributed by atoms with E-state index in [0.717, 1.165) is 11.3 Å². The Balaban J connectivity index is 1.37. The normalized spacial score (nSPS) is 14.8. The number of thioether (sulfide) groups is 1. The standard InChI is InChI=1S/C22H24N4O5S2/c1-2-32-18-7-3-16(4-8-18)15-20-24-25-22(31-20)23-21(27)17-5-9-19(10-6-17)33(28,29)26-11-13-30-14-12-26/h3-10H,2,11-15H2,1H3,(H,23,25,27). The Bertz CT molecular complexity index is 1190. The minimum Gasteiger partial charge on any atom is -0.407 e. The minimum atomic E-state index is -3.62. The van der Waals surface area contributed by atoms with Gasteiger partial charge in [-0.1, -0.05) is 24.2 Å². The van der Waals surface area contributed by atoms with E-state index in [0.29, 0.717) is 38.6 Å². The van der Waals surface area contributed by atoms with Gasteiger partial charge in [-0.2, -0.15) is 4.31 Å². The molecule has 0 radical (unpaired) electrons. The number of amides is 1. The van der Waals surface area contributed by atoms with Gasteiger partial charge in [0.05, 0.1) is 24.5 Å². The summed E-state index contributed by atoms with van der Waals surface area (Å²) in [5.74, 6) is 0.924. The molecule has 0 saturated carbocycles. The zero-order valence-corrected chi connectivity index (χ0v) is 19.7. The maximum absolute atomic E-state index is 12.7. The van der Waals surface area contributed by atoms with Crippen molar-refractivity contribution in [1.29, 1.82) is 0 Å². The number of carbonyl (C=O) groups is 1. The molecule has 0 bridgehead atoms. The summed E-state index contributed by atoms with van der Waals surface area (Å²) in [5.41, 5.74) is 1.30. The molecule has 1 aliphatic rings. The van der Waals surface area contributed by atoms with Crippen LogP contribution in [0, 0.1) is 0 Å². The molecule has 174 valence electrons. The molecule has 1 fully saturated rings. The number of rotatable bonds is 8. The summed E-state index contributed by atoms with van der Waals surface area (Å²) < 4.78 is 37.5. The third-order valence-corrected chi connectivity index (χ3v) is 7.81. The van der Waals surface area contributed by atoms with E-state index in [9.17, 15) is 13.2 Å². The Morgan fingerprint density at radius 1 is 1.06 bits per heavy atom. The number of carbonyl (C=O) groups excluding carboxylic acids is 1. The van der Waals surface area contributed by atoms with Gasteiger partial charge in [-0.15, -0.1) is 16.9 Å². The molecule has 0 unspecified atom stereocenters. The van der Waals surface area contributed by atoms with Crippen molar-refractivity contribution in [3.8, 4) is 0 Å². The summed E-state index contributed by atoms with van der Waals surface area (Å²) in [7, 11) is -3.62. The van der Waals surface area contributed by atoms with E-state index in [1.54, 1.807) is 11.8 Å². The van der Waals surface area contributed by atoms with Crippen molar-refractivity contribution in [2.75, 3.05) is 37.4 Å². The van der Waals surface area contributed by atoms with E-state index in [4.69, 9.17) is 9.15 Å². The predicted molar refractivity (Wildman–Crippen MR) is 124 cm³/mol. The van der Waals surface area contributed by atoms with E-state index in [2.05, 4.69) is 22.4 Å². The van der Waals surface area contributed by atoms with Crippen LogP contribution in [0.15, 0.2) is 62.7 Å². The van der Waals surface area contributed by atoms with Crippen molar-refractivity contribution >= 4 is 33.7 Å². The van der Waals surface area contributed by atoms with Gasteiger partial charge in [-0.3, -0.25) is 10.1 Å². The topological polar surface area (TPSA) is 115 Å². The number of hydrogen-bond donors (Lipinski definition) is 1. The smallest absolute Gasteiger partial charge is 0.322 e. The molecular weight excluding hydrogens is 464 g/mol. The zero-order chi connectivity index (χ0) is 23.3. The summed E-state index contributed by atoms with van der Waals surface area (Å²) in [4.78, 5) is 13.9. The lowest BCUT2D eigenvalue weighted by Crippen LogP contribution is -2.40. The lowest BCUT2D eigenvalue weighted by molar-refractivity contribution is 0.0730. The molecule has 1 N–H and O–H groups in total. The maximum atomic E-state index is 12.7. The van der Waals surface area contributed by atoms with Crippen LogP contribution < -0.4 is 5.32 Å². The van der Waals surface area contributed by atoms with Gasteiger partial charge in [0, 0.05) is 23.5 Å². The molecule has 4 rings (SSSR count). The molecule has 11 heteroatoms. The van der Waals surface area contributed by atoms with Crippen LogP contribution in [-0.2, 0) is 21.2 Å². The quantitative estimate of drug-likeness (QED) is 0.481. The summed E-state index contributed by atoms with van der Waals surface area (Å²) in [5, 5.41) is 10.4. The number of sulfonamides is 1. The third-order valence-electron chi connectivity index (χ3n) is 5.00. The van der Waals surface area contributed by atoms with E-state index in [-0.39, 0.29) is 16.5 Å². The second kappa shape index (κ2) is 10.5. The second-order valence-electron chi connectivity index (χ2n) is 7.25. The van der Waals surface area contributed by atoms with Gasteiger partial charge < -0.3 is 9.15 Å². The largest absolute Gasteiger partial charge is 0.407 e. The molecule has 1 saturated heterocycles. The van der Waals surface area contributed by atoms with Crippen molar-refractivity contribution in [3.63, 3.8) is 0 Å². The Labute approximate surface area is 196 Å². The highest BCUT2D eigenvalue weighted by Gasteiger charge is 2.26. The summed E-state index contributed by atoms with van der Waals surface area (Å²) in [6, 6.07) is 13.8. The number of morpholine rings is 1. The SMILES string of the molecule is CCSc1ccc(Cc2nnc(NC(=O)c3ccc(S(=O)(=O)N4CCOCC4)cc3)o2)cc1. The molecular formula is C22H24N4O5S2. The molecule has 33 heavy (non-hydrogen) atoms. The first kappa shape index (κ1) is 23.4. The predicted octanol–water partition coefficient (Wildman–Crippen LogP) is 3.05. The van der Waals surface area contributed by atoms with Crippen LogP contribution in [0.4, 0.5) is 6.01 Å². The Hall–Kier alpha value is -2.73. The number of aromatic nitrogens is 2. The fraction of sp³-hybridized carbons (Fsp3) is 0.318. The molecule has 2 heterocycles. The van der Waals surface area contributed by atoms with Crippen molar-refractivity contribution in [1.82, 2.24) is 14.5 Å². The van der Waals surface area contributed by atoms with Crippen molar-refractivity contribution < 1.29 is 22.4 Å². The first-order valence-corrected chi connectivity index (χ1v) is 12.9. The highest BCUT2D eigenvalue weighted by Crippen LogP contribution is 2.20. The van der Waals surface area contributed by atoms with E-state index in [1.807, 2.05) is 24.3 Å². The Morgan fingerprint density at radius 3 is 2.42 bits per heavy atom. The fourth-order valence-corrected chi connectivity index (χ4v) is 5.37. The maximum Gasteiger partial charge on any atom is 0.322 e. The van der Waals surface area contributed by atoms with Gasteiger partial charge in [-0.25, -0.2) is 8.42 Å². The Morgan fingerprint density at radius 2 is 1.76 bits per heavy atom.